The molecule has 0 saturated carbocycles. The number of carbonyl (C=O) groups excluding carboxylic acids is 1. The summed E-state index contributed by atoms with van der Waals surface area (Å²) in [6.45, 7) is 3.09. The molecule has 3 heteroatoms. The summed E-state index contributed by atoms with van der Waals surface area (Å²) in [4.78, 5) is 18.1. The second kappa shape index (κ2) is 5.70. The van der Waals surface area contributed by atoms with E-state index < -0.39 is 0 Å². The van der Waals surface area contributed by atoms with Gasteiger partial charge in [-0.25, -0.2) is 0 Å². The van der Waals surface area contributed by atoms with Crippen LogP contribution in [0.2, 0.25) is 0 Å². The predicted molar refractivity (Wildman–Crippen MR) is 81.9 cm³/mol. The fraction of sp³-hybridized carbons (Fsp3) is 0.471. The lowest BCUT2D eigenvalue weighted by Gasteiger charge is -2.29. The maximum absolute atomic E-state index is 12.8. The zero-order valence-corrected chi connectivity index (χ0v) is 12.1. The third-order valence-corrected chi connectivity index (χ3v) is 4.41. The third kappa shape index (κ3) is 2.45. The molecule has 2 heterocycles. The summed E-state index contributed by atoms with van der Waals surface area (Å²) in [5, 5.41) is 1.11. The smallest absolute Gasteiger partial charge is 0.254 e. The van der Waals surface area contributed by atoms with Gasteiger partial charge in [-0.1, -0.05) is 19.8 Å². The molecule has 0 bridgehead atoms. The van der Waals surface area contributed by atoms with E-state index in [1.54, 1.807) is 0 Å². The molecule has 0 radical (unpaired) electrons. The Labute approximate surface area is 120 Å². The van der Waals surface area contributed by atoms with Gasteiger partial charge in [0.25, 0.3) is 5.91 Å². The van der Waals surface area contributed by atoms with Crippen LogP contribution in [0, 0.1) is 0 Å². The van der Waals surface area contributed by atoms with Crippen molar-refractivity contribution in [1.29, 1.82) is 0 Å². The Morgan fingerprint density at radius 1 is 1.30 bits per heavy atom. The van der Waals surface area contributed by atoms with E-state index in [4.69, 9.17) is 0 Å². The fourth-order valence-corrected chi connectivity index (χ4v) is 3.22. The van der Waals surface area contributed by atoms with Crippen LogP contribution in [0.4, 0.5) is 0 Å². The number of nitrogens with zero attached hydrogens (tertiary/aromatic N) is 1. The van der Waals surface area contributed by atoms with Gasteiger partial charge in [0.1, 0.15) is 0 Å². The topological polar surface area (TPSA) is 36.1 Å². The van der Waals surface area contributed by atoms with Gasteiger partial charge in [0.15, 0.2) is 0 Å². The number of aromatic amines is 1. The number of H-pyrrole nitrogens is 1. The molecule has 1 unspecified atom stereocenters. The zero-order valence-electron chi connectivity index (χ0n) is 12.1. The van der Waals surface area contributed by atoms with Crippen molar-refractivity contribution in [3.05, 3.63) is 36.0 Å². The Morgan fingerprint density at radius 3 is 3.05 bits per heavy atom. The summed E-state index contributed by atoms with van der Waals surface area (Å²) in [6.07, 6.45) is 7.75. The lowest BCUT2D eigenvalue weighted by atomic mass is 10.1. The number of carbonyl (C=O) groups is 1. The van der Waals surface area contributed by atoms with Crippen LogP contribution in [0.3, 0.4) is 0 Å². The SMILES string of the molecule is CCC1CCCCCN1C(=O)c1ccc2[nH]ccc2c1. The minimum absolute atomic E-state index is 0.196. The standard InChI is InChI=1S/C17H22N2O/c1-2-15-6-4-3-5-11-19(15)17(20)14-7-8-16-13(12-14)9-10-18-16/h7-10,12,15,18H,2-6,11H2,1H3. The molecule has 2 aromatic rings. The minimum atomic E-state index is 0.196. The number of hydrogen-bond acceptors (Lipinski definition) is 1. The quantitative estimate of drug-likeness (QED) is 0.881. The second-order valence-corrected chi connectivity index (χ2v) is 5.69. The average molecular weight is 270 g/mol. The van der Waals surface area contributed by atoms with Crippen LogP contribution in [0.1, 0.15) is 49.4 Å². The van der Waals surface area contributed by atoms with Gasteiger partial charge in [0, 0.05) is 35.2 Å². The van der Waals surface area contributed by atoms with Crippen LogP contribution in [-0.2, 0) is 0 Å². The highest BCUT2D eigenvalue weighted by molar-refractivity contribution is 5.98. The molecule has 0 spiro atoms. The number of hydrogen-bond donors (Lipinski definition) is 1. The van der Waals surface area contributed by atoms with Gasteiger partial charge in [0.05, 0.1) is 0 Å². The van der Waals surface area contributed by atoms with E-state index in [2.05, 4.69) is 16.8 Å². The zero-order chi connectivity index (χ0) is 13.9. The number of aromatic nitrogens is 1. The van der Waals surface area contributed by atoms with Crippen molar-refractivity contribution in [2.24, 2.45) is 0 Å². The van der Waals surface area contributed by atoms with E-state index in [0.29, 0.717) is 6.04 Å². The fourth-order valence-electron chi connectivity index (χ4n) is 3.22. The van der Waals surface area contributed by atoms with Crippen molar-refractivity contribution < 1.29 is 4.79 Å². The molecule has 20 heavy (non-hydrogen) atoms. The Hall–Kier alpha value is -1.77. The maximum atomic E-state index is 12.8. The number of fused-ring (bicyclic) bond motifs is 1. The van der Waals surface area contributed by atoms with Gasteiger partial charge >= 0.3 is 0 Å². The van der Waals surface area contributed by atoms with E-state index in [-0.39, 0.29) is 5.91 Å². The molecule has 1 aliphatic rings. The number of likely N-dealkylation sites (tertiary alicyclic amines) is 1. The van der Waals surface area contributed by atoms with Gasteiger partial charge in [0.2, 0.25) is 0 Å². The monoisotopic (exact) mass is 270 g/mol. The summed E-state index contributed by atoms with van der Waals surface area (Å²) >= 11 is 0. The van der Waals surface area contributed by atoms with Crippen LogP contribution in [-0.4, -0.2) is 28.4 Å². The number of nitrogens with one attached hydrogen (secondary N) is 1. The Kier molecular flexibility index (Phi) is 3.77. The van der Waals surface area contributed by atoms with Crippen LogP contribution in [0.25, 0.3) is 10.9 Å². The molecule has 1 fully saturated rings. The van der Waals surface area contributed by atoms with Crippen LogP contribution in [0.15, 0.2) is 30.5 Å². The first-order chi connectivity index (χ1) is 9.79. The van der Waals surface area contributed by atoms with Crippen LogP contribution < -0.4 is 0 Å². The molecule has 1 aromatic heterocycles. The predicted octanol–water partition coefficient (Wildman–Crippen LogP) is 3.96. The van der Waals surface area contributed by atoms with Crippen molar-refractivity contribution in [3.63, 3.8) is 0 Å². The molecular formula is C17H22N2O. The van der Waals surface area contributed by atoms with Crippen molar-refractivity contribution in [1.82, 2.24) is 9.88 Å². The first kappa shape index (κ1) is 13.2. The van der Waals surface area contributed by atoms with E-state index in [9.17, 15) is 4.79 Å². The number of benzene rings is 1. The van der Waals surface area contributed by atoms with Gasteiger partial charge in [-0.15, -0.1) is 0 Å². The largest absolute Gasteiger partial charge is 0.361 e. The first-order valence-corrected chi connectivity index (χ1v) is 7.67. The molecule has 3 rings (SSSR count). The summed E-state index contributed by atoms with van der Waals surface area (Å²) in [5.74, 6) is 0.196. The van der Waals surface area contributed by atoms with Gasteiger partial charge in [-0.3, -0.25) is 4.79 Å². The number of amides is 1. The molecule has 106 valence electrons. The highest BCUT2D eigenvalue weighted by atomic mass is 16.2. The summed E-state index contributed by atoms with van der Waals surface area (Å²) < 4.78 is 0. The Bertz CT molecular complexity index is 602. The normalized spacial score (nSPS) is 20.1. The average Bonchev–Trinajstić information content (AvgIpc) is 2.81. The second-order valence-electron chi connectivity index (χ2n) is 5.69. The molecule has 3 nitrogen and oxygen atoms in total. The van der Waals surface area contributed by atoms with Crippen molar-refractivity contribution in [3.8, 4) is 0 Å². The minimum Gasteiger partial charge on any atom is -0.361 e. The van der Waals surface area contributed by atoms with Crippen molar-refractivity contribution in [2.45, 2.75) is 45.1 Å². The first-order valence-electron chi connectivity index (χ1n) is 7.67. The maximum Gasteiger partial charge on any atom is 0.254 e. The van der Waals surface area contributed by atoms with E-state index in [1.807, 2.05) is 30.5 Å². The van der Waals surface area contributed by atoms with Crippen LogP contribution in [0.5, 0.6) is 0 Å². The van der Waals surface area contributed by atoms with E-state index in [1.165, 1.54) is 12.8 Å². The highest BCUT2D eigenvalue weighted by Gasteiger charge is 2.25. The Balaban J connectivity index is 1.88. The molecule has 1 N–H and O–H groups in total. The summed E-state index contributed by atoms with van der Waals surface area (Å²) in [7, 11) is 0. The molecule has 1 atom stereocenters. The molecule has 0 aliphatic carbocycles. The summed E-state index contributed by atoms with van der Waals surface area (Å²) in [5.41, 5.74) is 1.90. The van der Waals surface area contributed by atoms with Gasteiger partial charge < -0.3 is 9.88 Å². The molecule has 1 amide bonds. The van der Waals surface area contributed by atoms with Crippen molar-refractivity contribution >= 4 is 16.8 Å². The van der Waals surface area contributed by atoms with E-state index in [0.717, 1.165) is 42.3 Å². The lowest BCUT2D eigenvalue weighted by molar-refractivity contribution is 0.0678. The highest BCUT2D eigenvalue weighted by Crippen LogP contribution is 2.23. The van der Waals surface area contributed by atoms with Crippen molar-refractivity contribution in [2.75, 3.05) is 6.54 Å². The van der Waals surface area contributed by atoms with Gasteiger partial charge in [-0.05, 0) is 43.5 Å². The molecule has 1 saturated heterocycles. The Morgan fingerprint density at radius 2 is 2.20 bits per heavy atom. The lowest BCUT2D eigenvalue weighted by Crippen LogP contribution is -2.39. The third-order valence-electron chi connectivity index (χ3n) is 4.41. The molecular weight excluding hydrogens is 248 g/mol. The van der Waals surface area contributed by atoms with E-state index >= 15 is 0 Å². The van der Waals surface area contributed by atoms with Gasteiger partial charge in [-0.2, -0.15) is 0 Å². The summed E-state index contributed by atoms with van der Waals surface area (Å²) in [6, 6.07) is 8.38. The molecule has 1 aromatic carbocycles. The van der Waals surface area contributed by atoms with Crippen LogP contribution >= 0.6 is 0 Å². The molecule has 1 aliphatic heterocycles. The number of rotatable bonds is 2.